The molecule has 30 heavy (non-hydrogen) atoms. The van der Waals surface area contributed by atoms with Gasteiger partial charge >= 0.3 is 6.18 Å². The summed E-state index contributed by atoms with van der Waals surface area (Å²) in [6, 6.07) is 3.61. The minimum atomic E-state index is -4.34. The molecule has 0 bridgehead atoms. The summed E-state index contributed by atoms with van der Waals surface area (Å²) >= 11 is 3.20. The number of alkyl halides is 3. The van der Waals surface area contributed by atoms with Crippen LogP contribution in [0.2, 0.25) is 0 Å². The SMILES string of the molecule is Cc1nc(C)c(-c2csc(Cc3ccc(COC4(C(F)(F)F)CCCC4)cn3)n2)s1. The van der Waals surface area contributed by atoms with Crippen LogP contribution in [0.15, 0.2) is 23.7 Å². The van der Waals surface area contributed by atoms with E-state index in [1.165, 1.54) is 0 Å². The maximum absolute atomic E-state index is 13.4. The Morgan fingerprint density at radius 3 is 2.50 bits per heavy atom. The van der Waals surface area contributed by atoms with Gasteiger partial charge in [-0.2, -0.15) is 13.2 Å². The first kappa shape index (κ1) is 21.4. The number of rotatable bonds is 6. The standard InChI is InChI=1S/C21H22F3N3OS2/c1-13-19(30-14(2)26-13)17-12-29-18(27-17)9-16-6-5-15(10-25-16)11-28-20(21(22,23)24)7-3-4-8-20/h5-6,10,12H,3-4,7-9,11H2,1-2H3. The van der Waals surface area contributed by atoms with Crippen LogP contribution in [0.1, 0.15) is 52.6 Å². The van der Waals surface area contributed by atoms with E-state index in [1.54, 1.807) is 34.9 Å². The highest BCUT2D eigenvalue weighted by molar-refractivity contribution is 7.15. The molecule has 0 atom stereocenters. The van der Waals surface area contributed by atoms with E-state index in [-0.39, 0.29) is 19.4 Å². The molecule has 0 amide bonds. The zero-order chi connectivity index (χ0) is 21.4. The van der Waals surface area contributed by atoms with Gasteiger partial charge in [-0.3, -0.25) is 4.98 Å². The molecule has 0 spiro atoms. The minimum absolute atomic E-state index is 0.0349. The van der Waals surface area contributed by atoms with E-state index in [0.29, 0.717) is 24.8 Å². The molecule has 0 aromatic carbocycles. The monoisotopic (exact) mass is 453 g/mol. The molecule has 0 N–H and O–H groups in total. The van der Waals surface area contributed by atoms with Crippen molar-refractivity contribution in [3.8, 4) is 10.6 Å². The Morgan fingerprint density at radius 2 is 1.90 bits per heavy atom. The Morgan fingerprint density at radius 1 is 1.13 bits per heavy atom. The Balaban J connectivity index is 1.39. The molecule has 3 aromatic rings. The fourth-order valence-electron chi connectivity index (χ4n) is 3.74. The number of aryl methyl sites for hydroxylation is 2. The normalized spacial score (nSPS) is 16.3. The van der Waals surface area contributed by atoms with Crippen LogP contribution in [-0.4, -0.2) is 26.7 Å². The van der Waals surface area contributed by atoms with E-state index in [0.717, 1.165) is 32.0 Å². The molecule has 9 heteroatoms. The second-order valence-corrected chi connectivity index (χ2v) is 9.74. The first-order valence-electron chi connectivity index (χ1n) is 9.79. The molecule has 0 aliphatic heterocycles. The molecule has 4 nitrogen and oxygen atoms in total. The van der Waals surface area contributed by atoms with Gasteiger partial charge in [0.2, 0.25) is 0 Å². The van der Waals surface area contributed by atoms with Gasteiger partial charge in [-0.05, 0) is 38.3 Å². The third-order valence-electron chi connectivity index (χ3n) is 5.35. The van der Waals surface area contributed by atoms with E-state index >= 15 is 0 Å². The first-order valence-corrected chi connectivity index (χ1v) is 11.5. The number of thiazole rings is 2. The van der Waals surface area contributed by atoms with Crippen molar-refractivity contribution in [3.05, 3.63) is 50.7 Å². The topological polar surface area (TPSA) is 47.9 Å². The van der Waals surface area contributed by atoms with Crippen molar-refractivity contribution >= 4 is 22.7 Å². The van der Waals surface area contributed by atoms with Gasteiger partial charge < -0.3 is 4.74 Å². The summed E-state index contributed by atoms with van der Waals surface area (Å²) in [5.41, 5.74) is 1.37. The van der Waals surface area contributed by atoms with Crippen molar-refractivity contribution in [2.75, 3.05) is 0 Å². The zero-order valence-corrected chi connectivity index (χ0v) is 18.4. The average Bonchev–Trinajstić information content (AvgIpc) is 3.41. The summed E-state index contributed by atoms with van der Waals surface area (Å²) in [5.74, 6) is 0. The highest BCUT2D eigenvalue weighted by atomic mass is 32.1. The predicted molar refractivity (Wildman–Crippen MR) is 112 cm³/mol. The Labute approximate surface area is 181 Å². The van der Waals surface area contributed by atoms with Crippen LogP contribution < -0.4 is 0 Å². The van der Waals surface area contributed by atoms with Crippen molar-refractivity contribution < 1.29 is 17.9 Å². The highest BCUT2D eigenvalue weighted by Crippen LogP contribution is 2.46. The molecule has 0 radical (unpaired) electrons. The van der Waals surface area contributed by atoms with Crippen LogP contribution in [0.5, 0.6) is 0 Å². The van der Waals surface area contributed by atoms with Gasteiger partial charge in [0.1, 0.15) is 0 Å². The largest absolute Gasteiger partial charge is 0.417 e. The van der Waals surface area contributed by atoms with Gasteiger partial charge in [0, 0.05) is 23.7 Å². The fourth-order valence-corrected chi connectivity index (χ4v) is 5.50. The maximum Gasteiger partial charge on any atom is 0.417 e. The van der Waals surface area contributed by atoms with Gasteiger partial charge in [-0.25, -0.2) is 9.97 Å². The number of pyridine rings is 1. The second kappa shape index (κ2) is 8.36. The first-order chi connectivity index (χ1) is 14.3. The molecule has 1 aliphatic carbocycles. The van der Waals surface area contributed by atoms with E-state index < -0.39 is 11.8 Å². The van der Waals surface area contributed by atoms with Crippen LogP contribution in [0, 0.1) is 13.8 Å². The molecule has 160 valence electrons. The zero-order valence-electron chi connectivity index (χ0n) is 16.8. The third kappa shape index (κ3) is 4.43. The Bertz CT molecular complexity index is 1010. The predicted octanol–water partition coefficient (Wildman–Crippen LogP) is 6.26. The van der Waals surface area contributed by atoms with E-state index in [2.05, 4.69) is 9.97 Å². The fraction of sp³-hybridized carbons (Fsp3) is 0.476. The van der Waals surface area contributed by atoms with Crippen molar-refractivity contribution in [1.82, 2.24) is 15.0 Å². The van der Waals surface area contributed by atoms with Crippen LogP contribution in [0.25, 0.3) is 10.6 Å². The van der Waals surface area contributed by atoms with Crippen LogP contribution >= 0.6 is 22.7 Å². The van der Waals surface area contributed by atoms with Gasteiger partial charge in [-0.15, -0.1) is 22.7 Å². The molecule has 1 saturated carbocycles. The van der Waals surface area contributed by atoms with Gasteiger partial charge in [-0.1, -0.05) is 18.9 Å². The third-order valence-corrected chi connectivity index (χ3v) is 7.29. The molecular weight excluding hydrogens is 431 g/mol. The molecule has 4 rings (SSSR count). The van der Waals surface area contributed by atoms with Crippen LogP contribution in [0.3, 0.4) is 0 Å². The Hall–Kier alpha value is -1.84. The lowest BCUT2D eigenvalue weighted by atomic mass is 10.0. The van der Waals surface area contributed by atoms with Gasteiger partial charge in [0.25, 0.3) is 0 Å². The average molecular weight is 454 g/mol. The summed E-state index contributed by atoms with van der Waals surface area (Å²) < 4.78 is 45.7. The lowest BCUT2D eigenvalue weighted by molar-refractivity contribution is -0.279. The van der Waals surface area contributed by atoms with Crippen molar-refractivity contribution in [1.29, 1.82) is 0 Å². The smallest absolute Gasteiger partial charge is 0.361 e. The quantitative estimate of drug-likeness (QED) is 0.442. The number of hydrogen-bond donors (Lipinski definition) is 0. The van der Waals surface area contributed by atoms with Crippen LogP contribution in [0.4, 0.5) is 13.2 Å². The molecule has 1 fully saturated rings. The van der Waals surface area contributed by atoms with E-state index in [4.69, 9.17) is 9.72 Å². The molecule has 3 heterocycles. The maximum atomic E-state index is 13.4. The Kier molecular flexibility index (Phi) is 5.96. The molecule has 0 saturated heterocycles. The summed E-state index contributed by atoms with van der Waals surface area (Å²) in [5, 5.41) is 3.98. The highest BCUT2D eigenvalue weighted by Gasteiger charge is 2.57. The number of nitrogens with zero attached hydrogens (tertiary/aromatic N) is 3. The van der Waals surface area contributed by atoms with Gasteiger partial charge in [0.15, 0.2) is 5.60 Å². The molecule has 0 unspecified atom stereocenters. The molecular formula is C21H22F3N3OS2. The van der Waals surface area contributed by atoms with Crippen molar-refractivity contribution in [3.63, 3.8) is 0 Å². The second-order valence-electron chi connectivity index (χ2n) is 7.60. The summed E-state index contributed by atoms with van der Waals surface area (Å²) in [7, 11) is 0. The van der Waals surface area contributed by atoms with Gasteiger partial charge in [0.05, 0.1) is 32.9 Å². The summed E-state index contributed by atoms with van der Waals surface area (Å²) in [6.45, 7) is 3.87. The lowest BCUT2D eigenvalue weighted by Crippen LogP contribution is -2.45. The number of ether oxygens (including phenoxy) is 1. The lowest BCUT2D eigenvalue weighted by Gasteiger charge is -2.31. The molecule has 1 aliphatic rings. The minimum Gasteiger partial charge on any atom is -0.361 e. The number of halogens is 3. The van der Waals surface area contributed by atoms with E-state index in [1.807, 2.05) is 25.3 Å². The van der Waals surface area contributed by atoms with Crippen molar-refractivity contribution in [2.45, 2.75) is 64.3 Å². The van der Waals surface area contributed by atoms with E-state index in [9.17, 15) is 13.2 Å². The summed E-state index contributed by atoms with van der Waals surface area (Å²) in [4.78, 5) is 14.6. The number of hydrogen-bond acceptors (Lipinski definition) is 6. The summed E-state index contributed by atoms with van der Waals surface area (Å²) in [6.07, 6.45) is -0.996. The van der Waals surface area contributed by atoms with Crippen molar-refractivity contribution in [2.24, 2.45) is 0 Å². The van der Waals surface area contributed by atoms with Crippen LogP contribution in [-0.2, 0) is 17.8 Å². The number of aromatic nitrogens is 3. The molecule has 3 aromatic heterocycles.